The third-order valence-corrected chi connectivity index (χ3v) is 2.93. The van der Waals surface area contributed by atoms with Gasteiger partial charge in [0.25, 0.3) is 0 Å². The van der Waals surface area contributed by atoms with E-state index >= 15 is 0 Å². The van der Waals surface area contributed by atoms with Crippen LogP contribution in [0.5, 0.6) is 0 Å². The van der Waals surface area contributed by atoms with Crippen LogP contribution in [0.2, 0.25) is 5.02 Å². The molecule has 0 aliphatic rings. The van der Waals surface area contributed by atoms with Crippen molar-refractivity contribution >= 4 is 22.5 Å². The molecule has 0 amide bonds. The van der Waals surface area contributed by atoms with Crippen LogP contribution >= 0.6 is 11.6 Å². The van der Waals surface area contributed by atoms with Gasteiger partial charge in [-0.15, -0.1) is 0 Å². The zero-order valence-corrected chi connectivity index (χ0v) is 10.9. The molecule has 2 rings (SSSR count). The Morgan fingerprint density at radius 2 is 2.24 bits per heavy atom. The highest BCUT2D eigenvalue weighted by molar-refractivity contribution is 6.31. The summed E-state index contributed by atoms with van der Waals surface area (Å²) in [6.07, 6.45) is 4.22. The molecule has 0 saturated heterocycles. The average Bonchev–Trinajstić information content (AvgIpc) is 2.66. The van der Waals surface area contributed by atoms with E-state index < -0.39 is 0 Å². The smallest absolute Gasteiger partial charge is 0.0472 e. The Balaban J connectivity index is 2.06. The van der Waals surface area contributed by atoms with Gasteiger partial charge in [-0.1, -0.05) is 29.3 Å². The lowest BCUT2D eigenvalue weighted by Gasteiger charge is -2.01. The van der Waals surface area contributed by atoms with Gasteiger partial charge in [0.2, 0.25) is 0 Å². The Bertz CT molecular complexity index is 536. The average molecular weight is 249 g/mol. The van der Waals surface area contributed by atoms with Crippen molar-refractivity contribution < 1.29 is 0 Å². The molecular formula is C14H17ClN2. The summed E-state index contributed by atoms with van der Waals surface area (Å²) >= 11 is 5.95. The van der Waals surface area contributed by atoms with Crippen LogP contribution in [0, 0.1) is 0 Å². The normalized spacial score (nSPS) is 10.8. The number of fused-ring (bicyclic) bond motifs is 1. The van der Waals surface area contributed by atoms with E-state index in [2.05, 4.69) is 36.3 Å². The molecular weight excluding hydrogens is 232 g/mol. The van der Waals surface area contributed by atoms with Crippen LogP contribution in [0.1, 0.15) is 19.4 Å². The second kappa shape index (κ2) is 5.39. The van der Waals surface area contributed by atoms with Gasteiger partial charge in [-0.05, 0) is 31.5 Å². The minimum Gasteiger partial charge on any atom is -0.361 e. The Hall–Kier alpha value is -1.25. The van der Waals surface area contributed by atoms with Gasteiger partial charge < -0.3 is 10.3 Å². The first-order valence-corrected chi connectivity index (χ1v) is 6.14. The fourth-order valence-electron chi connectivity index (χ4n) is 1.79. The zero-order chi connectivity index (χ0) is 12.3. The van der Waals surface area contributed by atoms with E-state index in [-0.39, 0.29) is 0 Å². The molecule has 1 heterocycles. The Morgan fingerprint density at radius 1 is 1.41 bits per heavy atom. The van der Waals surface area contributed by atoms with Gasteiger partial charge in [0.05, 0.1) is 0 Å². The van der Waals surface area contributed by atoms with Crippen molar-refractivity contribution in [3.8, 4) is 0 Å². The molecule has 2 N–H and O–H groups in total. The molecule has 3 heteroatoms. The van der Waals surface area contributed by atoms with Gasteiger partial charge >= 0.3 is 0 Å². The van der Waals surface area contributed by atoms with Crippen molar-refractivity contribution in [3.05, 3.63) is 46.6 Å². The minimum absolute atomic E-state index is 0.767. The standard InChI is InChI=1S/C14H17ClN2/c1-10(2)5-6-16-8-11-9-17-14-7-12(15)3-4-13(11)14/h3-5,7,9,16-17H,6,8H2,1-2H3. The summed E-state index contributed by atoms with van der Waals surface area (Å²) in [5, 5.41) is 5.40. The van der Waals surface area contributed by atoms with Gasteiger partial charge in [0.1, 0.15) is 0 Å². The maximum Gasteiger partial charge on any atom is 0.0472 e. The van der Waals surface area contributed by atoms with Crippen molar-refractivity contribution in [2.24, 2.45) is 0 Å². The summed E-state index contributed by atoms with van der Waals surface area (Å²) in [5.74, 6) is 0. The van der Waals surface area contributed by atoms with Crippen molar-refractivity contribution in [1.82, 2.24) is 10.3 Å². The maximum absolute atomic E-state index is 5.95. The monoisotopic (exact) mass is 248 g/mol. The molecule has 0 atom stereocenters. The summed E-state index contributed by atoms with van der Waals surface area (Å²) in [6, 6.07) is 5.94. The lowest BCUT2D eigenvalue weighted by Crippen LogP contribution is -2.12. The number of hydrogen-bond donors (Lipinski definition) is 2. The lowest BCUT2D eigenvalue weighted by molar-refractivity contribution is 0.761. The molecule has 0 saturated carbocycles. The molecule has 0 spiro atoms. The summed E-state index contributed by atoms with van der Waals surface area (Å²) in [6.45, 7) is 5.98. The second-order valence-corrected chi connectivity index (χ2v) is 4.85. The highest BCUT2D eigenvalue weighted by atomic mass is 35.5. The molecule has 0 bridgehead atoms. The molecule has 90 valence electrons. The summed E-state index contributed by atoms with van der Waals surface area (Å²) in [4.78, 5) is 3.24. The Labute approximate surface area is 107 Å². The van der Waals surface area contributed by atoms with Crippen molar-refractivity contribution in [2.45, 2.75) is 20.4 Å². The second-order valence-electron chi connectivity index (χ2n) is 4.42. The lowest BCUT2D eigenvalue weighted by atomic mass is 10.2. The van der Waals surface area contributed by atoms with Crippen LogP contribution in [0.25, 0.3) is 10.9 Å². The van der Waals surface area contributed by atoms with Crippen LogP contribution in [0.4, 0.5) is 0 Å². The SMILES string of the molecule is CC(C)=CCNCc1c[nH]c2cc(Cl)ccc12. The molecule has 0 aliphatic heterocycles. The maximum atomic E-state index is 5.95. The number of halogens is 1. The van der Waals surface area contributed by atoms with Crippen molar-refractivity contribution in [3.63, 3.8) is 0 Å². The highest BCUT2D eigenvalue weighted by Crippen LogP contribution is 2.21. The number of aromatic nitrogens is 1. The minimum atomic E-state index is 0.767. The van der Waals surface area contributed by atoms with Gasteiger partial charge in [-0.2, -0.15) is 0 Å². The molecule has 1 aromatic carbocycles. The van der Waals surface area contributed by atoms with E-state index in [1.807, 2.05) is 18.3 Å². The topological polar surface area (TPSA) is 27.8 Å². The first-order chi connectivity index (χ1) is 8.16. The number of benzene rings is 1. The molecule has 17 heavy (non-hydrogen) atoms. The number of allylic oxidation sites excluding steroid dienone is 1. The van der Waals surface area contributed by atoms with Gasteiger partial charge in [0, 0.05) is 35.2 Å². The third kappa shape index (κ3) is 3.11. The van der Waals surface area contributed by atoms with E-state index in [0.29, 0.717) is 0 Å². The number of nitrogens with one attached hydrogen (secondary N) is 2. The van der Waals surface area contributed by atoms with E-state index in [1.54, 1.807) is 0 Å². The fraction of sp³-hybridized carbons (Fsp3) is 0.286. The number of H-pyrrole nitrogens is 1. The van der Waals surface area contributed by atoms with E-state index in [1.165, 1.54) is 16.5 Å². The largest absolute Gasteiger partial charge is 0.361 e. The Morgan fingerprint density at radius 3 is 3.00 bits per heavy atom. The molecule has 2 nitrogen and oxygen atoms in total. The van der Waals surface area contributed by atoms with E-state index in [9.17, 15) is 0 Å². The predicted octanol–water partition coefficient (Wildman–Crippen LogP) is 3.88. The highest BCUT2D eigenvalue weighted by Gasteiger charge is 2.02. The summed E-state index contributed by atoms with van der Waals surface area (Å²) < 4.78 is 0. The zero-order valence-electron chi connectivity index (χ0n) is 10.2. The van der Waals surface area contributed by atoms with Gasteiger partial charge in [-0.25, -0.2) is 0 Å². The molecule has 0 unspecified atom stereocenters. The Kier molecular flexibility index (Phi) is 3.87. The van der Waals surface area contributed by atoms with Crippen LogP contribution in [-0.4, -0.2) is 11.5 Å². The molecule has 0 radical (unpaired) electrons. The predicted molar refractivity (Wildman–Crippen MR) is 74.4 cm³/mol. The van der Waals surface area contributed by atoms with E-state index in [4.69, 9.17) is 11.6 Å². The van der Waals surface area contributed by atoms with Crippen molar-refractivity contribution in [2.75, 3.05) is 6.54 Å². The van der Waals surface area contributed by atoms with Crippen LogP contribution in [0.3, 0.4) is 0 Å². The van der Waals surface area contributed by atoms with Crippen LogP contribution in [-0.2, 0) is 6.54 Å². The molecule has 1 aromatic heterocycles. The van der Waals surface area contributed by atoms with E-state index in [0.717, 1.165) is 23.6 Å². The quantitative estimate of drug-likeness (QED) is 0.624. The first kappa shape index (κ1) is 12.2. The third-order valence-electron chi connectivity index (χ3n) is 2.70. The van der Waals surface area contributed by atoms with Gasteiger partial charge in [-0.3, -0.25) is 0 Å². The number of rotatable bonds is 4. The molecule has 2 aromatic rings. The summed E-state index contributed by atoms with van der Waals surface area (Å²) in [5.41, 5.74) is 3.71. The number of aromatic amines is 1. The fourth-order valence-corrected chi connectivity index (χ4v) is 1.96. The molecule has 0 aliphatic carbocycles. The first-order valence-electron chi connectivity index (χ1n) is 5.76. The van der Waals surface area contributed by atoms with Crippen molar-refractivity contribution in [1.29, 1.82) is 0 Å². The number of hydrogen-bond acceptors (Lipinski definition) is 1. The molecule has 0 fully saturated rings. The summed E-state index contributed by atoms with van der Waals surface area (Å²) in [7, 11) is 0. The van der Waals surface area contributed by atoms with Gasteiger partial charge in [0.15, 0.2) is 0 Å². The van der Waals surface area contributed by atoms with Crippen LogP contribution in [0.15, 0.2) is 36.0 Å². The van der Waals surface area contributed by atoms with Crippen LogP contribution < -0.4 is 5.32 Å².